The van der Waals surface area contributed by atoms with Crippen LogP contribution in [0.15, 0.2) is 18.2 Å². The molecule has 126 valence electrons. The Kier molecular flexibility index (Phi) is 11.4. The van der Waals surface area contributed by atoms with Crippen LogP contribution in [0.3, 0.4) is 0 Å². The standard InChI is InChI=1S/C10H11FO2.C7H14.C2H6/c1-3-8-6-9(13-11)4-5-10(8)7(2)12;1-7-5-3-2-4-6-7;1-2/h4-6H,3H2,1-2H3;7H,2-6H2,1H3;1-2H3. The van der Waals surface area contributed by atoms with Crippen molar-refractivity contribution in [3.8, 4) is 5.75 Å². The van der Waals surface area contributed by atoms with Crippen LogP contribution >= 0.6 is 0 Å². The van der Waals surface area contributed by atoms with Gasteiger partial charge in [0.15, 0.2) is 11.5 Å². The van der Waals surface area contributed by atoms with E-state index >= 15 is 0 Å². The molecule has 1 aliphatic rings. The van der Waals surface area contributed by atoms with Gasteiger partial charge in [-0.3, -0.25) is 9.74 Å². The highest BCUT2D eigenvalue weighted by Crippen LogP contribution is 2.22. The first kappa shape index (κ1) is 20.6. The molecule has 1 aliphatic carbocycles. The van der Waals surface area contributed by atoms with E-state index < -0.39 is 0 Å². The molecule has 0 heterocycles. The molecule has 22 heavy (non-hydrogen) atoms. The lowest BCUT2D eigenvalue weighted by atomic mass is 9.91. The van der Waals surface area contributed by atoms with Gasteiger partial charge in [-0.15, -0.1) is 0 Å². The van der Waals surface area contributed by atoms with Gasteiger partial charge in [0.05, 0.1) is 0 Å². The maximum atomic E-state index is 11.8. The van der Waals surface area contributed by atoms with E-state index in [1.54, 1.807) is 6.07 Å². The second-order valence-electron chi connectivity index (χ2n) is 5.55. The maximum absolute atomic E-state index is 11.8. The summed E-state index contributed by atoms with van der Waals surface area (Å²) in [4.78, 5) is 14.7. The number of carbonyl (C=O) groups is 1. The van der Waals surface area contributed by atoms with E-state index in [1.807, 2.05) is 20.8 Å². The first-order valence-electron chi connectivity index (χ1n) is 8.51. The van der Waals surface area contributed by atoms with Crippen LogP contribution < -0.4 is 4.94 Å². The van der Waals surface area contributed by atoms with Crippen LogP contribution in [0, 0.1) is 5.92 Å². The predicted octanol–water partition coefficient (Wildman–Crippen LogP) is 6.33. The van der Waals surface area contributed by atoms with E-state index in [0.717, 1.165) is 11.5 Å². The highest BCUT2D eigenvalue weighted by atomic mass is 19.3. The normalized spacial score (nSPS) is 14.1. The molecule has 1 aromatic carbocycles. The first-order valence-corrected chi connectivity index (χ1v) is 8.51. The van der Waals surface area contributed by atoms with Crippen LogP contribution in [0.2, 0.25) is 0 Å². The number of ketones is 1. The summed E-state index contributed by atoms with van der Waals surface area (Å²) in [6, 6.07) is 4.56. The summed E-state index contributed by atoms with van der Waals surface area (Å²) in [7, 11) is 0. The van der Waals surface area contributed by atoms with Crippen LogP contribution in [0.1, 0.15) is 82.6 Å². The van der Waals surface area contributed by atoms with Gasteiger partial charge in [-0.1, -0.05) is 59.8 Å². The average Bonchev–Trinajstić information content (AvgIpc) is 2.57. The predicted molar refractivity (Wildman–Crippen MR) is 91.2 cm³/mol. The largest absolute Gasteiger partial charge is 0.295 e. The topological polar surface area (TPSA) is 26.3 Å². The quantitative estimate of drug-likeness (QED) is 0.610. The number of halogens is 1. The third-order valence-electron chi connectivity index (χ3n) is 3.82. The zero-order chi connectivity index (χ0) is 17.0. The molecule has 0 unspecified atom stereocenters. The molecule has 0 bridgehead atoms. The van der Waals surface area contributed by atoms with Crippen LogP contribution in [0.25, 0.3) is 0 Å². The Morgan fingerprint density at radius 2 is 1.82 bits per heavy atom. The van der Waals surface area contributed by atoms with Gasteiger partial charge in [0.2, 0.25) is 0 Å². The van der Waals surface area contributed by atoms with Crippen molar-refractivity contribution in [1.82, 2.24) is 0 Å². The minimum atomic E-state index is -0.0118. The van der Waals surface area contributed by atoms with E-state index in [-0.39, 0.29) is 11.5 Å². The van der Waals surface area contributed by atoms with Gasteiger partial charge in [-0.05, 0) is 43.0 Å². The Labute approximate surface area is 135 Å². The fourth-order valence-corrected chi connectivity index (χ4v) is 2.56. The summed E-state index contributed by atoms with van der Waals surface area (Å²) in [5, 5.41) is 0. The highest BCUT2D eigenvalue weighted by molar-refractivity contribution is 5.95. The van der Waals surface area contributed by atoms with Gasteiger partial charge < -0.3 is 0 Å². The molecular weight excluding hydrogens is 279 g/mol. The second-order valence-corrected chi connectivity index (χ2v) is 5.55. The van der Waals surface area contributed by atoms with Crippen molar-refractivity contribution in [2.75, 3.05) is 0 Å². The van der Waals surface area contributed by atoms with Crippen molar-refractivity contribution in [1.29, 1.82) is 0 Å². The Hall–Kier alpha value is -1.38. The summed E-state index contributed by atoms with van der Waals surface area (Å²) in [6.07, 6.45) is 8.12. The van der Waals surface area contributed by atoms with Crippen LogP contribution in [0.4, 0.5) is 4.53 Å². The SMILES string of the molecule is CC.CC1CCCCC1.CCc1cc(OF)ccc1C(C)=O. The monoisotopic (exact) mass is 310 g/mol. The fraction of sp³-hybridized carbons (Fsp3) is 0.632. The van der Waals surface area contributed by atoms with Gasteiger partial charge in [-0.25, -0.2) is 0 Å². The lowest BCUT2D eigenvalue weighted by Crippen LogP contribution is -1.99. The number of hydrogen-bond donors (Lipinski definition) is 0. The zero-order valence-electron chi connectivity index (χ0n) is 14.7. The smallest absolute Gasteiger partial charge is 0.172 e. The lowest BCUT2D eigenvalue weighted by Gasteiger charge is -2.15. The zero-order valence-corrected chi connectivity index (χ0v) is 14.7. The van der Waals surface area contributed by atoms with Crippen molar-refractivity contribution in [3.05, 3.63) is 29.3 Å². The molecule has 0 saturated heterocycles. The third-order valence-corrected chi connectivity index (χ3v) is 3.82. The van der Waals surface area contributed by atoms with E-state index in [1.165, 1.54) is 51.2 Å². The van der Waals surface area contributed by atoms with Crippen LogP contribution in [0.5, 0.6) is 5.75 Å². The molecule has 1 aromatic rings. The fourth-order valence-electron chi connectivity index (χ4n) is 2.56. The molecule has 0 N–H and O–H groups in total. The summed E-state index contributed by atoms with van der Waals surface area (Å²) >= 11 is 0. The van der Waals surface area contributed by atoms with E-state index in [0.29, 0.717) is 12.0 Å². The van der Waals surface area contributed by atoms with Crippen molar-refractivity contribution < 1.29 is 14.3 Å². The molecule has 3 heteroatoms. The summed E-state index contributed by atoms with van der Waals surface area (Å²) in [5.74, 6) is 1.16. The average molecular weight is 310 g/mol. The Bertz CT molecular complexity index is 423. The van der Waals surface area contributed by atoms with Crippen molar-refractivity contribution >= 4 is 5.78 Å². The molecule has 0 amide bonds. The Balaban J connectivity index is 0.000000412. The molecule has 1 fully saturated rings. The van der Waals surface area contributed by atoms with Gasteiger partial charge in [0.1, 0.15) is 0 Å². The van der Waals surface area contributed by atoms with E-state index in [9.17, 15) is 9.32 Å². The van der Waals surface area contributed by atoms with E-state index in [4.69, 9.17) is 0 Å². The molecular formula is C19H31FO2. The number of aryl methyl sites for hydroxylation is 1. The number of hydrogen-bond acceptors (Lipinski definition) is 2. The van der Waals surface area contributed by atoms with Crippen molar-refractivity contribution in [2.24, 2.45) is 5.92 Å². The van der Waals surface area contributed by atoms with Gasteiger partial charge in [0, 0.05) is 10.1 Å². The first-order chi connectivity index (χ1) is 10.6. The summed E-state index contributed by atoms with van der Waals surface area (Å²) in [6.45, 7) is 9.76. The van der Waals surface area contributed by atoms with Crippen molar-refractivity contribution in [2.45, 2.75) is 73.1 Å². The van der Waals surface area contributed by atoms with Gasteiger partial charge in [0.25, 0.3) is 0 Å². The minimum Gasteiger partial charge on any atom is -0.295 e. The molecule has 1 saturated carbocycles. The second kappa shape index (κ2) is 12.2. The third kappa shape index (κ3) is 7.58. The number of benzene rings is 1. The Morgan fingerprint density at radius 3 is 2.18 bits per heavy atom. The highest BCUT2D eigenvalue weighted by Gasteiger charge is 2.07. The molecule has 0 spiro atoms. The summed E-state index contributed by atoms with van der Waals surface area (Å²) < 4.78 is 11.8. The Morgan fingerprint density at radius 1 is 1.23 bits per heavy atom. The van der Waals surface area contributed by atoms with Crippen LogP contribution in [-0.4, -0.2) is 5.78 Å². The van der Waals surface area contributed by atoms with Crippen molar-refractivity contribution in [3.63, 3.8) is 0 Å². The maximum Gasteiger partial charge on any atom is 0.172 e. The number of carbonyl (C=O) groups excluding carboxylic acids is 1. The molecule has 2 nitrogen and oxygen atoms in total. The lowest BCUT2D eigenvalue weighted by molar-refractivity contribution is -0.00630. The minimum absolute atomic E-state index is 0.0118. The molecule has 2 rings (SSSR count). The van der Waals surface area contributed by atoms with Gasteiger partial charge in [-0.2, -0.15) is 0 Å². The molecule has 0 atom stereocenters. The van der Waals surface area contributed by atoms with Gasteiger partial charge >= 0.3 is 0 Å². The van der Waals surface area contributed by atoms with Crippen LogP contribution in [-0.2, 0) is 6.42 Å². The van der Waals surface area contributed by atoms with E-state index in [2.05, 4.69) is 11.9 Å². The molecule has 0 radical (unpaired) electrons. The molecule has 0 aliphatic heterocycles. The number of rotatable bonds is 3. The summed E-state index contributed by atoms with van der Waals surface area (Å²) in [5.41, 5.74) is 1.44. The number of Topliss-reactive ketones (excluding diaryl/α,β-unsaturated/α-hetero) is 1. The molecule has 0 aromatic heterocycles.